The first-order chi connectivity index (χ1) is 8.61. The van der Waals surface area contributed by atoms with Gasteiger partial charge in [-0.25, -0.2) is 9.78 Å². The number of carboxylic acids is 1. The third kappa shape index (κ3) is 3.45. The fourth-order valence-corrected chi connectivity index (χ4v) is 1.92. The molecule has 1 aromatic rings. The van der Waals surface area contributed by atoms with Gasteiger partial charge in [0.15, 0.2) is 5.69 Å². The first kappa shape index (κ1) is 14.5. The number of aromatic nitrogens is 1. The molecule has 0 aliphatic heterocycles. The van der Waals surface area contributed by atoms with Crippen molar-refractivity contribution >= 4 is 11.7 Å². The van der Waals surface area contributed by atoms with Gasteiger partial charge in [-0.3, -0.25) is 0 Å². The summed E-state index contributed by atoms with van der Waals surface area (Å²) in [6, 6.07) is 3.96. The Labute approximate surface area is 109 Å². The first-order valence-corrected chi connectivity index (χ1v) is 6.56. The second-order valence-corrected chi connectivity index (χ2v) is 4.48. The van der Waals surface area contributed by atoms with Crippen molar-refractivity contribution in [2.75, 3.05) is 11.4 Å². The van der Waals surface area contributed by atoms with Crippen molar-refractivity contribution in [1.29, 1.82) is 0 Å². The maximum absolute atomic E-state index is 11.2. The van der Waals surface area contributed by atoms with Crippen LogP contribution in [0.4, 0.5) is 5.69 Å². The average molecular weight is 250 g/mol. The van der Waals surface area contributed by atoms with Crippen LogP contribution in [0.1, 0.15) is 50.5 Å². The predicted molar refractivity (Wildman–Crippen MR) is 73.2 cm³/mol. The molecule has 0 aromatic carbocycles. The summed E-state index contributed by atoms with van der Waals surface area (Å²) in [4.78, 5) is 17.4. The summed E-state index contributed by atoms with van der Waals surface area (Å²) < 4.78 is 0. The quantitative estimate of drug-likeness (QED) is 0.807. The molecule has 0 saturated heterocycles. The Morgan fingerprint density at radius 2 is 2.22 bits per heavy atom. The van der Waals surface area contributed by atoms with Gasteiger partial charge in [-0.15, -0.1) is 0 Å². The number of hydrogen-bond donors (Lipinski definition) is 1. The van der Waals surface area contributed by atoms with Gasteiger partial charge in [-0.05, 0) is 31.9 Å². The molecule has 4 nitrogen and oxygen atoms in total. The Hall–Kier alpha value is -1.58. The maximum atomic E-state index is 11.2. The lowest BCUT2D eigenvalue weighted by atomic mass is 10.1. The SMILES string of the molecule is CCCCN(c1cccnc1C(=O)O)C(C)CC. The molecule has 0 spiro atoms. The lowest BCUT2D eigenvalue weighted by Gasteiger charge is -2.31. The highest BCUT2D eigenvalue weighted by molar-refractivity contribution is 5.92. The van der Waals surface area contributed by atoms with Gasteiger partial charge in [0.2, 0.25) is 0 Å². The number of hydrogen-bond acceptors (Lipinski definition) is 3. The lowest BCUT2D eigenvalue weighted by Crippen LogP contribution is -2.35. The zero-order valence-electron chi connectivity index (χ0n) is 11.4. The van der Waals surface area contributed by atoms with Crippen LogP contribution in [0.25, 0.3) is 0 Å². The molecule has 0 aliphatic rings. The molecule has 1 heterocycles. The smallest absolute Gasteiger partial charge is 0.356 e. The molecule has 0 radical (unpaired) electrons. The van der Waals surface area contributed by atoms with Gasteiger partial charge < -0.3 is 10.0 Å². The van der Waals surface area contributed by atoms with Crippen LogP contribution >= 0.6 is 0 Å². The summed E-state index contributed by atoms with van der Waals surface area (Å²) in [5.41, 5.74) is 0.877. The van der Waals surface area contributed by atoms with E-state index in [1.54, 1.807) is 6.07 Å². The minimum atomic E-state index is -0.963. The third-order valence-electron chi connectivity index (χ3n) is 3.17. The minimum Gasteiger partial charge on any atom is -0.476 e. The van der Waals surface area contributed by atoms with E-state index in [0.29, 0.717) is 6.04 Å². The van der Waals surface area contributed by atoms with Crippen LogP contribution in [0.15, 0.2) is 18.3 Å². The predicted octanol–water partition coefficient (Wildman–Crippen LogP) is 3.18. The largest absolute Gasteiger partial charge is 0.476 e. The van der Waals surface area contributed by atoms with Crippen LogP contribution in [-0.2, 0) is 0 Å². The van der Waals surface area contributed by atoms with Gasteiger partial charge >= 0.3 is 5.97 Å². The highest BCUT2D eigenvalue weighted by Crippen LogP contribution is 2.22. The number of carbonyl (C=O) groups is 1. The molecule has 1 unspecified atom stereocenters. The zero-order chi connectivity index (χ0) is 13.5. The molecule has 18 heavy (non-hydrogen) atoms. The Bertz CT molecular complexity index is 393. The molecule has 1 aromatic heterocycles. The number of aromatic carboxylic acids is 1. The molecule has 1 N–H and O–H groups in total. The van der Waals surface area contributed by atoms with Crippen LogP contribution in [0.3, 0.4) is 0 Å². The van der Waals surface area contributed by atoms with Crippen molar-refractivity contribution in [3.8, 4) is 0 Å². The van der Waals surface area contributed by atoms with Crippen LogP contribution in [0.5, 0.6) is 0 Å². The monoisotopic (exact) mass is 250 g/mol. The van der Waals surface area contributed by atoms with Crippen molar-refractivity contribution in [2.24, 2.45) is 0 Å². The van der Waals surface area contributed by atoms with Gasteiger partial charge in [-0.2, -0.15) is 0 Å². The van der Waals surface area contributed by atoms with Crippen molar-refractivity contribution < 1.29 is 9.90 Å². The maximum Gasteiger partial charge on any atom is 0.356 e. The lowest BCUT2D eigenvalue weighted by molar-refractivity contribution is 0.0691. The van der Waals surface area contributed by atoms with E-state index < -0.39 is 5.97 Å². The Kier molecular flexibility index (Phi) is 5.62. The van der Waals surface area contributed by atoms with Crippen LogP contribution in [0.2, 0.25) is 0 Å². The van der Waals surface area contributed by atoms with E-state index in [1.165, 1.54) is 6.20 Å². The van der Waals surface area contributed by atoms with Crippen LogP contribution in [0, 0.1) is 0 Å². The zero-order valence-corrected chi connectivity index (χ0v) is 11.4. The van der Waals surface area contributed by atoms with Crippen molar-refractivity contribution in [2.45, 2.75) is 46.1 Å². The van der Waals surface area contributed by atoms with E-state index in [1.807, 2.05) is 6.07 Å². The Morgan fingerprint density at radius 1 is 1.50 bits per heavy atom. The van der Waals surface area contributed by atoms with Crippen molar-refractivity contribution in [3.63, 3.8) is 0 Å². The van der Waals surface area contributed by atoms with Crippen LogP contribution < -0.4 is 4.90 Å². The molecule has 1 rings (SSSR count). The molecule has 1 atom stereocenters. The highest BCUT2D eigenvalue weighted by atomic mass is 16.4. The van der Waals surface area contributed by atoms with Crippen molar-refractivity contribution in [1.82, 2.24) is 4.98 Å². The summed E-state index contributed by atoms with van der Waals surface area (Å²) in [6.45, 7) is 7.24. The van der Waals surface area contributed by atoms with Gasteiger partial charge in [0.1, 0.15) is 0 Å². The summed E-state index contributed by atoms with van der Waals surface area (Å²) in [5, 5.41) is 9.21. The fraction of sp³-hybridized carbons (Fsp3) is 0.571. The summed E-state index contributed by atoms with van der Waals surface area (Å²) in [7, 11) is 0. The molecule has 0 aliphatic carbocycles. The number of unbranched alkanes of at least 4 members (excludes halogenated alkanes) is 1. The Morgan fingerprint density at radius 3 is 2.78 bits per heavy atom. The number of pyridine rings is 1. The normalized spacial score (nSPS) is 12.2. The number of anilines is 1. The molecule has 0 bridgehead atoms. The summed E-state index contributed by atoms with van der Waals surface area (Å²) in [6.07, 6.45) is 4.66. The van der Waals surface area contributed by atoms with Gasteiger partial charge in [0.05, 0.1) is 5.69 Å². The number of carboxylic acid groups (broad SMARTS) is 1. The van der Waals surface area contributed by atoms with E-state index in [4.69, 9.17) is 0 Å². The average Bonchev–Trinajstić information content (AvgIpc) is 2.39. The minimum absolute atomic E-state index is 0.147. The standard InChI is InChI=1S/C14H22N2O2/c1-4-6-10-16(11(3)5-2)12-8-7-9-15-13(12)14(17)18/h7-9,11H,4-6,10H2,1-3H3,(H,17,18). The third-order valence-corrected chi connectivity index (χ3v) is 3.17. The van der Waals surface area contributed by atoms with Crippen LogP contribution in [-0.4, -0.2) is 28.6 Å². The topological polar surface area (TPSA) is 53.4 Å². The second-order valence-electron chi connectivity index (χ2n) is 4.48. The number of rotatable bonds is 7. The fourth-order valence-electron chi connectivity index (χ4n) is 1.92. The van der Waals surface area contributed by atoms with Gasteiger partial charge in [-0.1, -0.05) is 20.3 Å². The van der Waals surface area contributed by atoms with E-state index in [0.717, 1.165) is 31.5 Å². The highest BCUT2D eigenvalue weighted by Gasteiger charge is 2.19. The van der Waals surface area contributed by atoms with E-state index >= 15 is 0 Å². The summed E-state index contributed by atoms with van der Waals surface area (Å²) in [5.74, 6) is -0.963. The molecule has 4 heteroatoms. The molecular weight excluding hydrogens is 228 g/mol. The molecular formula is C14H22N2O2. The molecule has 100 valence electrons. The Balaban J connectivity index is 3.07. The van der Waals surface area contributed by atoms with E-state index in [2.05, 4.69) is 30.7 Å². The first-order valence-electron chi connectivity index (χ1n) is 6.56. The number of nitrogens with zero attached hydrogens (tertiary/aromatic N) is 2. The second kappa shape index (κ2) is 6.99. The molecule has 0 amide bonds. The van der Waals surface area contributed by atoms with Crippen molar-refractivity contribution in [3.05, 3.63) is 24.0 Å². The van der Waals surface area contributed by atoms with Gasteiger partial charge in [0.25, 0.3) is 0 Å². The van der Waals surface area contributed by atoms with E-state index in [9.17, 15) is 9.90 Å². The van der Waals surface area contributed by atoms with Gasteiger partial charge in [0, 0.05) is 18.8 Å². The summed E-state index contributed by atoms with van der Waals surface area (Å²) >= 11 is 0. The molecule has 0 fully saturated rings. The molecule has 0 saturated carbocycles. The van der Waals surface area contributed by atoms with E-state index in [-0.39, 0.29) is 5.69 Å².